The Labute approximate surface area is 124 Å². The fourth-order valence-corrected chi connectivity index (χ4v) is 3.66. The highest BCUT2D eigenvalue weighted by Crippen LogP contribution is 2.29. The molecule has 2 unspecified atom stereocenters. The molecule has 0 saturated carbocycles. The molecule has 2 aliphatic heterocycles. The molecule has 4 rings (SSSR count). The summed E-state index contributed by atoms with van der Waals surface area (Å²) in [6.07, 6.45) is 6.59. The highest BCUT2D eigenvalue weighted by Gasteiger charge is 2.39. The largest absolute Gasteiger partial charge is 0.461 e. The molecule has 2 saturated heterocycles. The van der Waals surface area contributed by atoms with Crippen molar-refractivity contribution in [2.75, 3.05) is 0 Å². The van der Waals surface area contributed by atoms with Gasteiger partial charge in [0.15, 0.2) is 5.58 Å². The minimum absolute atomic E-state index is 0.112. The molecule has 6 heteroatoms. The molecule has 5 nitrogen and oxygen atoms in total. The van der Waals surface area contributed by atoms with Gasteiger partial charge in [0.1, 0.15) is 12.0 Å². The van der Waals surface area contributed by atoms with E-state index in [1.165, 1.54) is 6.42 Å². The van der Waals surface area contributed by atoms with E-state index in [9.17, 15) is 4.79 Å². The van der Waals surface area contributed by atoms with Crippen molar-refractivity contribution >= 4 is 32.8 Å². The lowest BCUT2D eigenvalue weighted by atomic mass is 9.95. The number of hydrogen-bond donors (Lipinski definition) is 2. The first kappa shape index (κ1) is 12.3. The summed E-state index contributed by atoms with van der Waals surface area (Å²) in [6, 6.07) is 2.99. The SMILES string of the molecule is O=C(N[C@@H]1CC2CCC1N2)c1cc2c(Br)coc2cn1. The van der Waals surface area contributed by atoms with E-state index < -0.39 is 0 Å². The number of nitrogens with one attached hydrogen (secondary N) is 2. The molecule has 1 amide bonds. The van der Waals surface area contributed by atoms with Gasteiger partial charge in [0.05, 0.1) is 10.7 Å². The summed E-state index contributed by atoms with van der Waals surface area (Å²) in [6.45, 7) is 0. The zero-order valence-corrected chi connectivity index (χ0v) is 12.3. The van der Waals surface area contributed by atoms with E-state index in [-0.39, 0.29) is 11.9 Å². The van der Waals surface area contributed by atoms with Crippen molar-refractivity contribution in [2.45, 2.75) is 37.4 Å². The molecule has 2 fully saturated rings. The zero-order valence-electron chi connectivity index (χ0n) is 10.7. The number of carbonyl (C=O) groups excluding carboxylic acids is 1. The molecule has 0 aromatic carbocycles. The van der Waals surface area contributed by atoms with Crippen LogP contribution in [-0.4, -0.2) is 29.0 Å². The summed E-state index contributed by atoms with van der Waals surface area (Å²) < 4.78 is 6.14. The fourth-order valence-electron chi connectivity index (χ4n) is 3.25. The normalized spacial score (nSPS) is 28.1. The van der Waals surface area contributed by atoms with Crippen LogP contribution in [0.25, 0.3) is 11.0 Å². The molecule has 0 spiro atoms. The van der Waals surface area contributed by atoms with Crippen LogP contribution in [0.2, 0.25) is 0 Å². The van der Waals surface area contributed by atoms with Crippen molar-refractivity contribution < 1.29 is 9.21 Å². The monoisotopic (exact) mass is 335 g/mol. The Kier molecular flexibility index (Phi) is 2.82. The predicted octanol–water partition coefficient (Wildman–Crippen LogP) is 2.21. The van der Waals surface area contributed by atoms with Crippen LogP contribution in [0.5, 0.6) is 0 Å². The summed E-state index contributed by atoms with van der Waals surface area (Å²) in [5, 5.41) is 7.48. The van der Waals surface area contributed by atoms with E-state index in [4.69, 9.17) is 4.42 Å². The number of halogens is 1. The summed E-state index contributed by atoms with van der Waals surface area (Å²) in [7, 11) is 0. The van der Waals surface area contributed by atoms with Crippen LogP contribution in [0.15, 0.2) is 27.4 Å². The van der Waals surface area contributed by atoms with Crippen LogP contribution in [0.3, 0.4) is 0 Å². The third kappa shape index (κ3) is 1.94. The van der Waals surface area contributed by atoms with Crippen molar-refractivity contribution in [1.29, 1.82) is 0 Å². The zero-order chi connectivity index (χ0) is 13.7. The van der Waals surface area contributed by atoms with Crippen molar-refractivity contribution in [2.24, 2.45) is 0 Å². The van der Waals surface area contributed by atoms with Crippen LogP contribution in [0.1, 0.15) is 29.8 Å². The molecule has 20 heavy (non-hydrogen) atoms. The number of hydrogen-bond acceptors (Lipinski definition) is 4. The van der Waals surface area contributed by atoms with Crippen LogP contribution in [-0.2, 0) is 0 Å². The van der Waals surface area contributed by atoms with E-state index in [2.05, 4.69) is 31.5 Å². The van der Waals surface area contributed by atoms with Crippen LogP contribution in [0, 0.1) is 0 Å². The van der Waals surface area contributed by atoms with Crippen molar-refractivity contribution in [3.63, 3.8) is 0 Å². The van der Waals surface area contributed by atoms with E-state index in [1.54, 1.807) is 18.5 Å². The molecule has 0 aliphatic carbocycles. The second-order valence-electron chi connectivity index (χ2n) is 5.51. The maximum atomic E-state index is 12.3. The smallest absolute Gasteiger partial charge is 0.270 e. The van der Waals surface area contributed by atoms with E-state index in [0.717, 1.165) is 22.7 Å². The Morgan fingerprint density at radius 1 is 1.50 bits per heavy atom. The quantitative estimate of drug-likeness (QED) is 0.882. The molecule has 0 radical (unpaired) electrons. The molecule has 4 heterocycles. The second-order valence-corrected chi connectivity index (χ2v) is 6.37. The lowest BCUT2D eigenvalue weighted by Crippen LogP contribution is -2.43. The highest BCUT2D eigenvalue weighted by molar-refractivity contribution is 9.10. The minimum atomic E-state index is -0.112. The average Bonchev–Trinajstić information content (AvgIpc) is 3.15. The van der Waals surface area contributed by atoms with Gasteiger partial charge in [-0.1, -0.05) is 0 Å². The molecule has 2 bridgehead atoms. The van der Waals surface area contributed by atoms with Gasteiger partial charge in [-0.05, 0) is 41.3 Å². The first-order chi connectivity index (χ1) is 9.70. The number of amides is 1. The Balaban J connectivity index is 1.56. The first-order valence-corrected chi connectivity index (χ1v) is 7.59. The van der Waals surface area contributed by atoms with E-state index in [1.807, 2.05) is 0 Å². The molecule has 104 valence electrons. The van der Waals surface area contributed by atoms with Gasteiger partial charge in [0.2, 0.25) is 0 Å². The predicted molar refractivity (Wildman–Crippen MR) is 77.5 cm³/mol. The lowest BCUT2D eigenvalue weighted by Gasteiger charge is -2.21. The number of rotatable bonds is 2. The van der Waals surface area contributed by atoms with Crippen LogP contribution in [0.4, 0.5) is 0 Å². The van der Waals surface area contributed by atoms with Gasteiger partial charge in [0.25, 0.3) is 5.91 Å². The number of carbonyl (C=O) groups is 1. The van der Waals surface area contributed by atoms with E-state index in [0.29, 0.717) is 23.4 Å². The van der Waals surface area contributed by atoms with Gasteiger partial charge in [0, 0.05) is 23.5 Å². The number of furan rings is 1. The molecule has 2 aromatic rings. The second kappa shape index (κ2) is 4.56. The van der Waals surface area contributed by atoms with Gasteiger partial charge < -0.3 is 15.1 Å². The van der Waals surface area contributed by atoms with Crippen LogP contribution >= 0.6 is 15.9 Å². The van der Waals surface area contributed by atoms with Gasteiger partial charge in [-0.2, -0.15) is 0 Å². The summed E-state index contributed by atoms with van der Waals surface area (Å²) in [5.74, 6) is -0.112. The molecule has 2 N–H and O–H groups in total. The minimum Gasteiger partial charge on any atom is -0.461 e. The third-order valence-electron chi connectivity index (χ3n) is 4.26. The number of fused-ring (bicyclic) bond motifs is 3. The Hall–Kier alpha value is -1.40. The summed E-state index contributed by atoms with van der Waals surface area (Å²) >= 11 is 3.40. The van der Waals surface area contributed by atoms with Crippen molar-refractivity contribution in [3.05, 3.63) is 28.7 Å². The van der Waals surface area contributed by atoms with Gasteiger partial charge >= 0.3 is 0 Å². The summed E-state index contributed by atoms with van der Waals surface area (Å²) in [4.78, 5) is 16.5. The van der Waals surface area contributed by atoms with Crippen molar-refractivity contribution in [3.8, 4) is 0 Å². The average molecular weight is 336 g/mol. The summed E-state index contributed by atoms with van der Waals surface area (Å²) in [5.41, 5.74) is 1.11. The van der Waals surface area contributed by atoms with Gasteiger partial charge in [-0.3, -0.25) is 4.79 Å². The lowest BCUT2D eigenvalue weighted by molar-refractivity contribution is 0.0926. The Morgan fingerprint density at radius 3 is 3.15 bits per heavy atom. The Morgan fingerprint density at radius 2 is 2.40 bits per heavy atom. The Bertz CT molecular complexity index is 684. The molecule has 2 aromatic heterocycles. The number of pyridine rings is 1. The highest BCUT2D eigenvalue weighted by atomic mass is 79.9. The third-order valence-corrected chi connectivity index (χ3v) is 4.88. The first-order valence-electron chi connectivity index (χ1n) is 6.80. The molecular weight excluding hydrogens is 322 g/mol. The fraction of sp³-hybridized carbons (Fsp3) is 0.429. The number of nitrogens with zero attached hydrogens (tertiary/aromatic N) is 1. The van der Waals surface area contributed by atoms with Gasteiger partial charge in [-0.15, -0.1) is 0 Å². The standard InChI is InChI=1S/C14H14BrN3O2/c15-9-6-20-13-5-16-12(4-8(9)13)14(19)18-11-3-7-1-2-10(11)17-7/h4-7,10-11,17H,1-3H2,(H,18,19)/t7?,10?,11-/m1/s1. The molecule has 3 atom stereocenters. The maximum Gasteiger partial charge on any atom is 0.270 e. The topological polar surface area (TPSA) is 67.2 Å². The van der Waals surface area contributed by atoms with Crippen molar-refractivity contribution in [1.82, 2.24) is 15.6 Å². The maximum absolute atomic E-state index is 12.3. The number of aromatic nitrogens is 1. The van der Waals surface area contributed by atoms with Crippen LogP contribution < -0.4 is 10.6 Å². The molecule has 2 aliphatic rings. The van der Waals surface area contributed by atoms with Gasteiger partial charge in [-0.25, -0.2) is 4.98 Å². The molecular formula is C14H14BrN3O2. The van der Waals surface area contributed by atoms with E-state index >= 15 is 0 Å².